The van der Waals surface area contributed by atoms with Crippen molar-refractivity contribution < 1.29 is 14.0 Å². The summed E-state index contributed by atoms with van der Waals surface area (Å²) in [6, 6.07) is 8.88. The minimum Gasteiger partial charge on any atom is -0.377 e. The van der Waals surface area contributed by atoms with Crippen molar-refractivity contribution in [3.05, 3.63) is 48.3 Å². The third-order valence-electron chi connectivity index (χ3n) is 5.64. The van der Waals surface area contributed by atoms with Crippen molar-refractivity contribution in [1.29, 1.82) is 0 Å². The standard InChI is InChI=1S/C22H24FN5O2/c1-13(29)26-16-7-5-14(6-8-16)15-10-18-20(27-19-4-3-9-22(19,2)23)17(21(24)30)11-25-28(18)12-15/h5-8,10-12,19,27H,3-4,9H2,1-2H3,(H2,24,30)(H,26,29). The van der Waals surface area contributed by atoms with Crippen LogP contribution in [0.4, 0.5) is 15.8 Å². The molecule has 4 rings (SSSR count). The first-order chi connectivity index (χ1) is 14.2. The minimum atomic E-state index is -1.36. The Kier molecular flexibility index (Phi) is 4.93. The third-order valence-corrected chi connectivity index (χ3v) is 5.64. The predicted molar refractivity (Wildman–Crippen MR) is 114 cm³/mol. The Morgan fingerprint density at radius 3 is 2.60 bits per heavy atom. The molecule has 2 unspecified atom stereocenters. The number of anilines is 2. The van der Waals surface area contributed by atoms with Gasteiger partial charge in [-0.15, -0.1) is 0 Å². The van der Waals surface area contributed by atoms with Crippen LogP contribution in [0.2, 0.25) is 0 Å². The molecule has 2 heterocycles. The average Bonchev–Trinajstić information content (AvgIpc) is 3.25. The van der Waals surface area contributed by atoms with Crippen LogP contribution < -0.4 is 16.4 Å². The van der Waals surface area contributed by atoms with Crippen molar-refractivity contribution in [3.8, 4) is 11.1 Å². The monoisotopic (exact) mass is 409 g/mol. The highest BCUT2D eigenvalue weighted by Crippen LogP contribution is 2.37. The molecule has 1 saturated carbocycles. The lowest BCUT2D eigenvalue weighted by Crippen LogP contribution is -2.36. The first-order valence-electron chi connectivity index (χ1n) is 9.89. The summed E-state index contributed by atoms with van der Waals surface area (Å²) in [6.07, 6.45) is 5.18. The van der Waals surface area contributed by atoms with E-state index in [1.165, 1.54) is 13.1 Å². The molecule has 8 heteroatoms. The zero-order valence-corrected chi connectivity index (χ0v) is 16.9. The molecule has 2 amide bonds. The van der Waals surface area contributed by atoms with Gasteiger partial charge in [-0.1, -0.05) is 12.1 Å². The van der Waals surface area contributed by atoms with Crippen LogP contribution in [-0.2, 0) is 4.79 Å². The molecule has 1 fully saturated rings. The molecular formula is C22H24FN5O2. The van der Waals surface area contributed by atoms with Crippen LogP contribution in [-0.4, -0.2) is 33.1 Å². The van der Waals surface area contributed by atoms with Crippen molar-refractivity contribution in [2.45, 2.75) is 44.8 Å². The minimum absolute atomic E-state index is 0.136. The molecule has 1 aliphatic rings. The highest BCUT2D eigenvalue weighted by Gasteiger charge is 2.39. The maximum Gasteiger partial charge on any atom is 0.252 e. The lowest BCUT2D eigenvalue weighted by Gasteiger charge is -2.26. The highest BCUT2D eigenvalue weighted by molar-refractivity contribution is 6.02. The number of carbonyl (C=O) groups excluding carboxylic acids is 2. The maximum absolute atomic E-state index is 14.9. The number of benzene rings is 1. The van der Waals surface area contributed by atoms with Gasteiger partial charge >= 0.3 is 0 Å². The molecule has 1 aromatic carbocycles. The molecule has 3 aromatic rings. The Hall–Kier alpha value is -3.42. The molecule has 0 aliphatic heterocycles. The van der Waals surface area contributed by atoms with Gasteiger partial charge in [-0.05, 0) is 49.9 Å². The van der Waals surface area contributed by atoms with Gasteiger partial charge in [-0.25, -0.2) is 8.91 Å². The second-order valence-corrected chi connectivity index (χ2v) is 7.98. The van der Waals surface area contributed by atoms with E-state index in [9.17, 15) is 14.0 Å². The fraction of sp³-hybridized carbons (Fsp3) is 0.318. The normalized spacial score (nSPS) is 21.0. The second-order valence-electron chi connectivity index (χ2n) is 7.98. The van der Waals surface area contributed by atoms with Gasteiger partial charge in [-0.3, -0.25) is 9.59 Å². The van der Waals surface area contributed by atoms with Gasteiger partial charge in [0.15, 0.2) is 0 Å². The predicted octanol–water partition coefficient (Wildman–Crippen LogP) is 3.75. The van der Waals surface area contributed by atoms with E-state index in [0.29, 0.717) is 29.7 Å². The van der Waals surface area contributed by atoms with Crippen LogP contribution in [0.5, 0.6) is 0 Å². The Bertz CT molecular complexity index is 1120. The molecular weight excluding hydrogens is 385 g/mol. The van der Waals surface area contributed by atoms with E-state index < -0.39 is 17.6 Å². The molecule has 156 valence electrons. The molecule has 7 nitrogen and oxygen atoms in total. The van der Waals surface area contributed by atoms with Gasteiger partial charge in [0.05, 0.1) is 29.0 Å². The Labute approximate surface area is 173 Å². The lowest BCUT2D eigenvalue weighted by molar-refractivity contribution is -0.114. The van der Waals surface area contributed by atoms with Crippen LogP contribution >= 0.6 is 0 Å². The van der Waals surface area contributed by atoms with Gasteiger partial charge in [0.2, 0.25) is 5.91 Å². The number of fused-ring (bicyclic) bond motifs is 1. The largest absolute Gasteiger partial charge is 0.377 e. The summed E-state index contributed by atoms with van der Waals surface area (Å²) in [5.41, 5.74) is 8.07. The number of amides is 2. The molecule has 0 saturated heterocycles. The number of hydrogen-bond donors (Lipinski definition) is 3. The number of halogens is 1. The molecule has 2 aromatic heterocycles. The summed E-state index contributed by atoms with van der Waals surface area (Å²) in [4.78, 5) is 23.2. The topological polar surface area (TPSA) is 102 Å². The molecule has 4 N–H and O–H groups in total. The van der Waals surface area contributed by atoms with Gasteiger partial charge in [-0.2, -0.15) is 5.10 Å². The lowest BCUT2D eigenvalue weighted by atomic mass is 10.0. The summed E-state index contributed by atoms with van der Waals surface area (Å²) < 4.78 is 16.5. The van der Waals surface area contributed by atoms with Crippen LogP contribution in [0.15, 0.2) is 42.7 Å². The average molecular weight is 409 g/mol. The smallest absolute Gasteiger partial charge is 0.252 e. The number of primary amides is 1. The number of alkyl halides is 1. The van der Waals surface area contributed by atoms with E-state index in [2.05, 4.69) is 15.7 Å². The highest BCUT2D eigenvalue weighted by atomic mass is 19.1. The molecule has 2 atom stereocenters. The van der Waals surface area contributed by atoms with Gasteiger partial charge in [0.1, 0.15) is 5.67 Å². The van der Waals surface area contributed by atoms with Gasteiger partial charge in [0.25, 0.3) is 5.91 Å². The van der Waals surface area contributed by atoms with E-state index in [4.69, 9.17) is 5.73 Å². The third kappa shape index (κ3) is 3.72. The number of nitrogens with two attached hydrogens (primary N) is 1. The van der Waals surface area contributed by atoms with E-state index in [0.717, 1.165) is 17.5 Å². The summed E-state index contributed by atoms with van der Waals surface area (Å²) in [6.45, 7) is 3.04. The molecule has 1 aliphatic carbocycles. The Morgan fingerprint density at radius 2 is 2.00 bits per heavy atom. The second kappa shape index (κ2) is 7.44. The summed E-state index contributed by atoms with van der Waals surface area (Å²) in [5.74, 6) is -0.753. The first kappa shape index (κ1) is 19.9. The number of nitrogens with zero attached hydrogens (tertiary/aromatic N) is 2. The van der Waals surface area contributed by atoms with Crippen molar-refractivity contribution >= 4 is 28.7 Å². The SMILES string of the molecule is CC(=O)Nc1ccc(-c2cc3c(NC4CCCC4(C)F)c(C(N)=O)cnn3c2)cc1. The number of aromatic nitrogens is 2. The van der Waals surface area contributed by atoms with Crippen LogP contribution in [0.25, 0.3) is 16.6 Å². The summed E-state index contributed by atoms with van der Waals surface area (Å²) >= 11 is 0. The number of rotatable bonds is 5. The first-order valence-corrected chi connectivity index (χ1v) is 9.89. The molecule has 0 bridgehead atoms. The van der Waals surface area contributed by atoms with E-state index >= 15 is 0 Å². The van der Waals surface area contributed by atoms with Gasteiger partial charge < -0.3 is 16.4 Å². The zero-order valence-electron chi connectivity index (χ0n) is 16.9. The van der Waals surface area contributed by atoms with Crippen molar-refractivity contribution in [3.63, 3.8) is 0 Å². The van der Waals surface area contributed by atoms with Crippen LogP contribution in [0.1, 0.15) is 43.5 Å². The van der Waals surface area contributed by atoms with Crippen LogP contribution in [0, 0.1) is 0 Å². The van der Waals surface area contributed by atoms with E-state index in [1.54, 1.807) is 11.4 Å². The maximum atomic E-state index is 14.9. The van der Waals surface area contributed by atoms with Crippen molar-refractivity contribution in [2.75, 3.05) is 10.6 Å². The number of hydrogen-bond acceptors (Lipinski definition) is 4. The Balaban J connectivity index is 1.75. The van der Waals surface area contributed by atoms with E-state index in [-0.39, 0.29) is 11.5 Å². The zero-order chi connectivity index (χ0) is 21.5. The number of carbonyl (C=O) groups is 2. The summed E-state index contributed by atoms with van der Waals surface area (Å²) in [5, 5.41) is 10.3. The quantitative estimate of drug-likeness (QED) is 0.597. The van der Waals surface area contributed by atoms with E-state index in [1.807, 2.05) is 36.5 Å². The fourth-order valence-corrected chi connectivity index (χ4v) is 4.03. The molecule has 0 radical (unpaired) electrons. The fourth-order valence-electron chi connectivity index (χ4n) is 4.03. The summed E-state index contributed by atoms with van der Waals surface area (Å²) in [7, 11) is 0. The van der Waals surface area contributed by atoms with Gasteiger partial charge in [0, 0.05) is 24.4 Å². The Morgan fingerprint density at radius 1 is 1.27 bits per heavy atom. The van der Waals surface area contributed by atoms with Crippen molar-refractivity contribution in [2.24, 2.45) is 5.73 Å². The number of nitrogens with one attached hydrogen (secondary N) is 2. The van der Waals surface area contributed by atoms with Crippen LogP contribution in [0.3, 0.4) is 0 Å². The van der Waals surface area contributed by atoms with Crippen molar-refractivity contribution in [1.82, 2.24) is 9.61 Å². The molecule has 0 spiro atoms. The molecule has 30 heavy (non-hydrogen) atoms.